The van der Waals surface area contributed by atoms with Crippen molar-refractivity contribution < 1.29 is 4.79 Å². The second-order valence-corrected chi connectivity index (χ2v) is 6.79. The average molecular weight is 325 g/mol. The Morgan fingerprint density at radius 2 is 1.74 bits per heavy atom. The zero-order chi connectivity index (χ0) is 16.6. The Hall–Kier alpha value is -2.40. The average Bonchev–Trinajstić information content (AvgIpc) is 2.94. The molecule has 0 fully saturated rings. The van der Waals surface area contributed by atoms with Crippen LogP contribution in [0.1, 0.15) is 32.6 Å². The maximum Gasteiger partial charge on any atom is 0.269 e. The first-order valence-electron chi connectivity index (χ1n) is 7.46. The predicted octanol–water partition coefficient (Wildman–Crippen LogP) is 4.29. The van der Waals surface area contributed by atoms with E-state index in [4.69, 9.17) is 0 Å². The van der Waals surface area contributed by atoms with Crippen LogP contribution in [0.3, 0.4) is 0 Å². The molecule has 0 spiro atoms. The number of rotatable bonds is 3. The number of hydrogen-bond acceptors (Lipinski definition) is 4. The minimum Gasteiger partial charge on any atom is -0.273 e. The molecule has 0 unspecified atom stereocenters. The lowest BCUT2D eigenvalue weighted by Gasteiger charge is -2.08. The van der Waals surface area contributed by atoms with E-state index in [1.54, 1.807) is 11.3 Å². The summed E-state index contributed by atoms with van der Waals surface area (Å²) >= 11 is 1.54. The summed E-state index contributed by atoms with van der Waals surface area (Å²) in [6, 6.07) is 9.93. The first-order valence-corrected chi connectivity index (χ1v) is 8.27. The predicted molar refractivity (Wildman–Crippen MR) is 96.1 cm³/mol. The van der Waals surface area contributed by atoms with Crippen molar-refractivity contribution in [3.8, 4) is 0 Å². The van der Waals surface area contributed by atoms with Gasteiger partial charge in [0.1, 0.15) is 0 Å². The first-order chi connectivity index (χ1) is 11.0. The third-order valence-corrected chi connectivity index (χ3v) is 4.96. The van der Waals surface area contributed by atoms with E-state index in [-0.39, 0.29) is 5.91 Å². The van der Waals surface area contributed by atoms with Crippen molar-refractivity contribution in [2.24, 2.45) is 0 Å². The van der Waals surface area contributed by atoms with Crippen LogP contribution in [0.4, 0.5) is 5.13 Å². The molecule has 0 saturated heterocycles. The second kappa shape index (κ2) is 6.01. The highest BCUT2D eigenvalue weighted by atomic mass is 32.1. The molecule has 4 nitrogen and oxygen atoms in total. The molecule has 0 saturated carbocycles. The van der Waals surface area contributed by atoms with Crippen LogP contribution in [0.25, 0.3) is 10.2 Å². The van der Waals surface area contributed by atoms with Gasteiger partial charge in [-0.15, -0.1) is 0 Å². The SMILES string of the molecule is Cc1ccc(C(=O)NNc2nc3c(C)ccc(C)c3s2)c(C)c1. The van der Waals surface area contributed by atoms with Gasteiger partial charge >= 0.3 is 0 Å². The van der Waals surface area contributed by atoms with Gasteiger partial charge in [0.25, 0.3) is 5.91 Å². The zero-order valence-electron chi connectivity index (χ0n) is 13.7. The van der Waals surface area contributed by atoms with E-state index >= 15 is 0 Å². The zero-order valence-corrected chi connectivity index (χ0v) is 14.5. The highest BCUT2D eigenvalue weighted by Gasteiger charge is 2.11. The third-order valence-electron chi connectivity index (χ3n) is 3.85. The molecule has 0 radical (unpaired) electrons. The van der Waals surface area contributed by atoms with Gasteiger partial charge in [-0.3, -0.25) is 15.6 Å². The lowest BCUT2D eigenvalue weighted by Crippen LogP contribution is -2.29. The summed E-state index contributed by atoms with van der Waals surface area (Å²) in [6.07, 6.45) is 0. The molecule has 3 rings (SSSR count). The van der Waals surface area contributed by atoms with Crippen LogP contribution in [-0.4, -0.2) is 10.9 Å². The topological polar surface area (TPSA) is 54.0 Å². The van der Waals surface area contributed by atoms with Crippen LogP contribution in [-0.2, 0) is 0 Å². The first kappa shape index (κ1) is 15.5. The number of nitrogens with zero attached hydrogens (tertiary/aromatic N) is 1. The van der Waals surface area contributed by atoms with Gasteiger partial charge in [-0.2, -0.15) is 0 Å². The summed E-state index contributed by atoms with van der Waals surface area (Å²) in [7, 11) is 0. The van der Waals surface area contributed by atoms with E-state index in [1.807, 2.05) is 39.0 Å². The third kappa shape index (κ3) is 3.05. The smallest absolute Gasteiger partial charge is 0.269 e. The van der Waals surface area contributed by atoms with Crippen molar-refractivity contribution in [1.29, 1.82) is 0 Å². The van der Waals surface area contributed by atoms with Crippen molar-refractivity contribution >= 4 is 32.6 Å². The molecule has 0 bridgehead atoms. The molecule has 0 atom stereocenters. The van der Waals surface area contributed by atoms with E-state index in [0.717, 1.165) is 26.9 Å². The van der Waals surface area contributed by atoms with Crippen molar-refractivity contribution in [2.75, 3.05) is 5.43 Å². The monoisotopic (exact) mass is 325 g/mol. The lowest BCUT2D eigenvalue weighted by molar-refractivity contribution is 0.0962. The summed E-state index contributed by atoms with van der Waals surface area (Å²) in [5.41, 5.74) is 11.7. The molecule has 1 amide bonds. The largest absolute Gasteiger partial charge is 0.273 e. The van der Waals surface area contributed by atoms with Gasteiger partial charge in [-0.05, 0) is 50.5 Å². The number of anilines is 1. The number of thiazole rings is 1. The van der Waals surface area contributed by atoms with Crippen molar-refractivity contribution in [1.82, 2.24) is 10.4 Å². The molecular weight excluding hydrogens is 306 g/mol. The highest BCUT2D eigenvalue weighted by molar-refractivity contribution is 7.22. The maximum absolute atomic E-state index is 12.3. The summed E-state index contributed by atoms with van der Waals surface area (Å²) in [5, 5.41) is 0.690. The summed E-state index contributed by atoms with van der Waals surface area (Å²) in [4.78, 5) is 16.9. The molecule has 0 aliphatic heterocycles. The fraction of sp³-hybridized carbons (Fsp3) is 0.222. The summed E-state index contributed by atoms with van der Waals surface area (Å²) in [6.45, 7) is 8.06. The number of hydrogen-bond donors (Lipinski definition) is 2. The number of fused-ring (bicyclic) bond motifs is 1. The molecule has 23 heavy (non-hydrogen) atoms. The molecule has 5 heteroatoms. The van der Waals surface area contributed by atoms with Crippen molar-refractivity contribution in [3.63, 3.8) is 0 Å². The van der Waals surface area contributed by atoms with Crippen LogP contribution in [0.15, 0.2) is 30.3 Å². The number of aryl methyl sites for hydroxylation is 4. The number of nitrogens with one attached hydrogen (secondary N) is 2. The van der Waals surface area contributed by atoms with Crippen molar-refractivity contribution in [3.05, 3.63) is 58.1 Å². The van der Waals surface area contributed by atoms with Crippen LogP contribution >= 0.6 is 11.3 Å². The number of amides is 1. The molecule has 2 aromatic carbocycles. The molecule has 2 N–H and O–H groups in total. The Labute approximate surface area is 139 Å². The Morgan fingerprint density at radius 3 is 2.43 bits per heavy atom. The van der Waals surface area contributed by atoms with E-state index in [2.05, 4.69) is 34.9 Å². The van der Waals surface area contributed by atoms with Crippen LogP contribution < -0.4 is 10.9 Å². The molecule has 0 aliphatic carbocycles. The van der Waals surface area contributed by atoms with Gasteiger partial charge in [0.15, 0.2) is 0 Å². The highest BCUT2D eigenvalue weighted by Crippen LogP contribution is 2.30. The van der Waals surface area contributed by atoms with E-state index in [9.17, 15) is 4.79 Å². The van der Waals surface area contributed by atoms with Gasteiger partial charge in [0.05, 0.1) is 10.2 Å². The van der Waals surface area contributed by atoms with E-state index < -0.39 is 0 Å². The van der Waals surface area contributed by atoms with Gasteiger partial charge in [0, 0.05) is 5.56 Å². The second-order valence-electron chi connectivity index (χ2n) is 5.79. The summed E-state index contributed by atoms with van der Waals surface area (Å²) < 4.78 is 1.15. The lowest BCUT2D eigenvalue weighted by atomic mass is 10.1. The minimum atomic E-state index is -0.157. The molecular formula is C18H19N3OS. The molecule has 3 aromatic rings. The van der Waals surface area contributed by atoms with Gasteiger partial charge < -0.3 is 0 Å². The molecule has 118 valence electrons. The normalized spacial score (nSPS) is 10.8. The summed E-state index contributed by atoms with van der Waals surface area (Å²) in [5.74, 6) is -0.157. The fourth-order valence-corrected chi connectivity index (χ4v) is 3.52. The van der Waals surface area contributed by atoms with Gasteiger partial charge in [0.2, 0.25) is 5.13 Å². The fourth-order valence-electron chi connectivity index (χ4n) is 2.56. The van der Waals surface area contributed by atoms with Gasteiger partial charge in [-0.1, -0.05) is 41.2 Å². The Kier molecular flexibility index (Phi) is 4.05. The Balaban J connectivity index is 1.79. The minimum absolute atomic E-state index is 0.157. The molecule has 0 aliphatic rings. The van der Waals surface area contributed by atoms with Crippen LogP contribution in [0.2, 0.25) is 0 Å². The standard InChI is InChI=1S/C18H19N3OS/c1-10-5-8-14(13(4)9-10)17(22)20-21-18-19-15-11(2)6-7-12(3)16(15)23-18/h5-9H,1-4H3,(H,19,21)(H,20,22). The number of hydrazine groups is 1. The van der Waals surface area contributed by atoms with E-state index in [0.29, 0.717) is 10.7 Å². The van der Waals surface area contributed by atoms with Crippen LogP contribution in [0, 0.1) is 27.7 Å². The van der Waals surface area contributed by atoms with E-state index in [1.165, 1.54) is 5.56 Å². The molecule has 1 heterocycles. The molecule has 1 aromatic heterocycles. The van der Waals surface area contributed by atoms with Gasteiger partial charge in [-0.25, -0.2) is 4.98 Å². The quantitative estimate of drug-likeness (QED) is 0.706. The Bertz CT molecular complexity index is 860. The number of carbonyl (C=O) groups excluding carboxylic acids is 1. The maximum atomic E-state index is 12.3. The van der Waals surface area contributed by atoms with Crippen molar-refractivity contribution in [2.45, 2.75) is 27.7 Å². The Morgan fingerprint density at radius 1 is 1.00 bits per heavy atom. The number of aromatic nitrogens is 1. The number of carbonyl (C=O) groups is 1. The van der Waals surface area contributed by atoms with Crippen LogP contribution in [0.5, 0.6) is 0 Å². The number of benzene rings is 2.